The molecule has 0 aromatic carbocycles. The van der Waals surface area contributed by atoms with Crippen LogP contribution in [0.2, 0.25) is 0 Å². The summed E-state index contributed by atoms with van der Waals surface area (Å²) in [5.74, 6) is 0.458. The van der Waals surface area contributed by atoms with Crippen molar-refractivity contribution in [3.63, 3.8) is 0 Å². The Hall–Kier alpha value is -0.580. The SMILES string of the molecule is CSN=CC1C[C@H](C)CN(C(=O)[C@@H]2CC2F)C1. The summed E-state index contributed by atoms with van der Waals surface area (Å²) < 4.78 is 17.1. The normalized spacial score (nSPS) is 37.5. The molecule has 2 fully saturated rings. The van der Waals surface area contributed by atoms with Crippen molar-refractivity contribution < 1.29 is 9.18 Å². The number of hydrogen-bond acceptors (Lipinski definition) is 3. The number of nitrogens with zero attached hydrogens (tertiary/aromatic N) is 2. The first-order chi connectivity index (χ1) is 8.11. The van der Waals surface area contributed by atoms with E-state index in [1.807, 2.05) is 17.4 Å². The summed E-state index contributed by atoms with van der Waals surface area (Å²) in [6.07, 6.45) is 4.45. The number of rotatable bonds is 3. The van der Waals surface area contributed by atoms with Crippen LogP contribution in [0.25, 0.3) is 0 Å². The average molecular weight is 258 g/mol. The zero-order valence-corrected chi connectivity index (χ0v) is 11.1. The first kappa shape index (κ1) is 12.9. The van der Waals surface area contributed by atoms with Gasteiger partial charge < -0.3 is 4.90 Å². The summed E-state index contributed by atoms with van der Waals surface area (Å²) in [5, 5.41) is 0. The van der Waals surface area contributed by atoms with Crippen molar-refractivity contribution in [2.45, 2.75) is 25.9 Å². The van der Waals surface area contributed by atoms with Crippen molar-refractivity contribution in [3.05, 3.63) is 0 Å². The van der Waals surface area contributed by atoms with Gasteiger partial charge in [0, 0.05) is 31.5 Å². The minimum Gasteiger partial charge on any atom is -0.341 e. The van der Waals surface area contributed by atoms with Gasteiger partial charge in [-0.1, -0.05) is 6.92 Å². The van der Waals surface area contributed by atoms with Crippen LogP contribution in [0.1, 0.15) is 19.8 Å². The molecule has 3 nitrogen and oxygen atoms in total. The van der Waals surface area contributed by atoms with Gasteiger partial charge in [-0.05, 0) is 30.7 Å². The maximum Gasteiger partial charge on any atom is 0.228 e. The molecule has 1 heterocycles. The number of likely N-dealkylation sites (tertiary alicyclic amines) is 1. The molecule has 0 aromatic rings. The topological polar surface area (TPSA) is 32.7 Å². The van der Waals surface area contributed by atoms with E-state index >= 15 is 0 Å². The van der Waals surface area contributed by atoms with E-state index in [4.69, 9.17) is 0 Å². The molecule has 2 rings (SSSR count). The fourth-order valence-corrected chi connectivity index (χ4v) is 2.78. The van der Waals surface area contributed by atoms with E-state index in [0.29, 0.717) is 24.8 Å². The Morgan fingerprint density at radius 3 is 2.76 bits per heavy atom. The molecule has 0 spiro atoms. The second-order valence-electron chi connectivity index (χ2n) is 5.14. The molecule has 1 saturated carbocycles. The lowest BCUT2D eigenvalue weighted by molar-refractivity contribution is -0.135. The van der Waals surface area contributed by atoms with Crippen LogP contribution in [-0.2, 0) is 4.79 Å². The Morgan fingerprint density at radius 2 is 2.18 bits per heavy atom. The van der Waals surface area contributed by atoms with Crippen LogP contribution >= 0.6 is 11.9 Å². The highest BCUT2D eigenvalue weighted by molar-refractivity contribution is 7.97. The Morgan fingerprint density at radius 1 is 1.47 bits per heavy atom. The minimum atomic E-state index is -0.891. The van der Waals surface area contributed by atoms with Crippen molar-refractivity contribution in [3.8, 4) is 0 Å². The molecular formula is C12H19FN2OS. The Bertz CT molecular complexity index is 324. The molecule has 0 aromatic heterocycles. The first-order valence-electron chi connectivity index (χ1n) is 6.11. The Balaban J connectivity index is 1.93. The quantitative estimate of drug-likeness (QED) is 0.574. The van der Waals surface area contributed by atoms with Crippen LogP contribution in [0, 0.1) is 17.8 Å². The van der Waals surface area contributed by atoms with E-state index in [9.17, 15) is 9.18 Å². The van der Waals surface area contributed by atoms with Gasteiger partial charge in [0.05, 0.1) is 5.92 Å². The molecule has 1 aliphatic heterocycles. The van der Waals surface area contributed by atoms with Gasteiger partial charge in [0.2, 0.25) is 5.91 Å². The molecule has 5 heteroatoms. The van der Waals surface area contributed by atoms with E-state index in [1.54, 1.807) is 0 Å². The molecule has 4 atom stereocenters. The summed E-state index contributed by atoms with van der Waals surface area (Å²) in [6.45, 7) is 3.61. The van der Waals surface area contributed by atoms with Gasteiger partial charge in [-0.3, -0.25) is 4.79 Å². The fraction of sp³-hybridized carbons (Fsp3) is 0.833. The zero-order valence-electron chi connectivity index (χ0n) is 10.3. The first-order valence-corrected chi connectivity index (χ1v) is 7.29. The molecule has 1 aliphatic carbocycles. The van der Waals surface area contributed by atoms with Crippen LogP contribution in [0.15, 0.2) is 4.40 Å². The van der Waals surface area contributed by atoms with E-state index in [-0.39, 0.29) is 11.8 Å². The highest BCUT2D eigenvalue weighted by Gasteiger charge is 2.46. The minimum absolute atomic E-state index is 0.00611. The second kappa shape index (κ2) is 5.38. The third-order valence-corrected chi connectivity index (χ3v) is 3.74. The van der Waals surface area contributed by atoms with Crippen LogP contribution in [-0.4, -0.2) is 42.5 Å². The van der Waals surface area contributed by atoms with Crippen LogP contribution in [0.4, 0.5) is 4.39 Å². The third-order valence-electron chi connectivity index (χ3n) is 3.41. The van der Waals surface area contributed by atoms with Gasteiger partial charge in [0.15, 0.2) is 0 Å². The standard InChI is InChI=1S/C12H19FN2OS/c1-8-3-9(5-14-17-2)7-15(6-8)12(16)10-4-11(10)13/h5,8-11H,3-4,6-7H2,1-2H3/t8-,9?,10+,11?/m0/s1. The summed E-state index contributed by atoms with van der Waals surface area (Å²) in [6, 6.07) is 0. The molecule has 0 radical (unpaired) electrons. The van der Waals surface area contributed by atoms with Gasteiger partial charge in [0.25, 0.3) is 0 Å². The maximum atomic E-state index is 12.9. The maximum absolute atomic E-state index is 12.9. The molecular weight excluding hydrogens is 239 g/mol. The van der Waals surface area contributed by atoms with E-state index in [0.717, 1.165) is 13.0 Å². The molecule has 1 amide bonds. The predicted molar refractivity (Wildman–Crippen MR) is 68.9 cm³/mol. The second-order valence-corrected chi connectivity index (χ2v) is 5.72. The summed E-state index contributed by atoms with van der Waals surface area (Å²) in [4.78, 5) is 13.8. The average Bonchev–Trinajstić information content (AvgIpc) is 3.02. The number of halogens is 1. The summed E-state index contributed by atoms with van der Waals surface area (Å²) >= 11 is 1.43. The van der Waals surface area contributed by atoms with Crippen molar-refractivity contribution in [2.75, 3.05) is 19.3 Å². The number of hydrogen-bond donors (Lipinski definition) is 0. The van der Waals surface area contributed by atoms with Gasteiger partial charge in [-0.2, -0.15) is 0 Å². The fourth-order valence-electron chi connectivity index (χ4n) is 2.49. The molecule has 0 bridgehead atoms. The van der Waals surface area contributed by atoms with Crippen molar-refractivity contribution in [1.82, 2.24) is 4.90 Å². The van der Waals surface area contributed by atoms with E-state index in [1.165, 1.54) is 11.9 Å². The third kappa shape index (κ3) is 3.21. The monoisotopic (exact) mass is 258 g/mol. The molecule has 1 saturated heterocycles. The van der Waals surface area contributed by atoms with Crippen LogP contribution < -0.4 is 0 Å². The highest BCUT2D eigenvalue weighted by atomic mass is 32.2. The molecule has 96 valence electrons. The molecule has 2 unspecified atom stereocenters. The lowest BCUT2D eigenvalue weighted by atomic mass is 9.91. The summed E-state index contributed by atoms with van der Waals surface area (Å²) in [5.41, 5.74) is 0. The number of piperidine rings is 1. The zero-order chi connectivity index (χ0) is 12.4. The van der Waals surface area contributed by atoms with Crippen molar-refractivity contribution in [1.29, 1.82) is 0 Å². The Kier molecular flexibility index (Phi) is 4.07. The Labute approximate surface area is 106 Å². The van der Waals surface area contributed by atoms with Crippen LogP contribution in [0.5, 0.6) is 0 Å². The lowest BCUT2D eigenvalue weighted by Gasteiger charge is -2.35. The highest BCUT2D eigenvalue weighted by Crippen LogP contribution is 2.36. The number of alkyl halides is 1. The molecule has 0 N–H and O–H groups in total. The number of amides is 1. The van der Waals surface area contributed by atoms with Gasteiger partial charge in [-0.15, -0.1) is 0 Å². The van der Waals surface area contributed by atoms with Crippen LogP contribution in [0.3, 0.4) is 0 Å². The predicted octanol–water partition coefficient (Wildman–Crippen LogP) is 2.18. The molecule has 2 aliphatic rings. The molecule has 17 heavy (non-hydrogen) atoms. The largest absolute Gasteiger partial charge is 0.341 e. The van der Waals surface area contributed by atoms with Crippen molar-refractivity contribution >= 4 is 24.1 Å². The van der Waals surface area contributed by atoms with Gasteiger partial charge in [-0.25, -0.2) is 8.79 Å². The van der Waals surface area contributed by atoms with E-state index < -0.39 is 6.17 Å². The van der Waals surface area contributed by atoms with Gasteiger partial charge >= 0.3 is 0 Å². The smallest absolute Gasteiger partial charge is 0.228 e. The van der Waals surface area contributed by atoms with E-state index in [2.05, 4.69) is 11.3 Å². The van der Waals surface area contributed by atoms with Gasteiger partial charge in [0.1, 0.15) is 6.17 Å². The van der Waals surface area contributed by atoms with Crippen molar-refractivity contribution in [2.24, 2.45) is 22.2 Å². The number of carbonyl (C=O) groups excluding carboxylic acids is 1. The summed E-state index contributed by atoms with van der Waals surface area (Å²) in [7, 11) is 0. The lowest BCUT2D eigenvalue weighted by Crippen LogP contribution is -2.44. The number of carbonyl (C=O) groups is 1.